The van der Waals surface area contributed by atoms with Crippen LogP contribution in [0.5, 0.6) is 0 Å². The Kier molecular flexibility index (Phi) is 10.2. The smallest absolute Gasteiger partial charge is 0.272 e. The number of hydrogen-bond acceptors (Lipinski definition) is 4. The fourth-order valence-corrected chi connectivity index (χ4v) is 5.22. The molecule has 1 unspecified atom stereocenters. The molecule has 0 saturated carbocycles. The number of amides is 3. The highest BCUT2D eigenvalue weighted by atomic mass is 79.9. The Labute approximate surface area is 252 Å². The molecule has 0 spiro atoms. The zero-order valence-electron chi connectivity index (χ0n) is 22.9. The highest BCUT2D eigenvalue weighted by Crippen LogP contribution is 2.27. The van der Waals surface area contributed by atoms with Crippen molar-refractivity contribution in [1.29, 1.82) is 0 Å². The van der Waals surface area contributed by atoms with Crippen molar-refractivity contribution in [2.75, 3.05) is 10.6 Å². The molecule has 0 saturated heterocycles. The summed E-state index contributed by atoms with van der Waals surface area (Å²) < 4.78 is 0.848. The molecule has 4 rings (SSSR count). The van der Waals surface area contributed by atoms with Crippen molar-refractivity contribution in [1.82, 2.24) is 5.32 Å². The second-order valence-electron chi connectivity index (χ2n) is 9.46. The molecule has 208 valence electrons. The van der Waals surface area contributed by atoms with Gasteiger partial charge in [0.15, 0.2) is 0 Å². The molecule has 1 atom stereocenters. The quantitative estimate of drug-likeness (QED) is 0.132. The normalized spacial score (nSPS) is 11.9. The highest BCUT2D eigenvalue weighted by Gasteiger charge is 2.17. The molecule has 0 heterocycles. The van der Waals surface area contributed by atoms with Gasteiger partial charge >= 0.3 is 0 Å². The van der Waals surface area contributed by atoms with E-state index in [0.29, 0.717) is 11.3 Å². The number of nitrogens with one attached hydrogen (secondary N) is 3. The second kappa shape index (κ2) is 14.0. The van der Waals surface area contributed by atoms with Crippen LogP contribution in [0.1, 0.15) is 34.0 Å². The third-order valence-electron chi connectivity index (χ3n) is 6.24. The summed E-state index contributed by atoms with van der Waals surface area (Å²) in [5.74, 6) is -0.984. The van der Waals surface area contributed by atoms with Crippen LogP contribution in [-0.2, 0) is 9.59 Å². The van der Waals surface area contributed by atoms with Crippen LogP contribution in [0.2, 0.25) is 0 Å². The van der Waals surface area contributed by atoms with Crippen LogP contribution in [0.3, 0.4) is 0 Å². The lowest BCUT2D eigenvalue weighted by molar-refractivity contribution is -0.115. The number of anilines is 2. The molecule has 0 bridgehead atoms. The van der Waals surface area contributed by atoms with Crippen molar-refractivity contribution >= 4 is 62.9 Å². The third kappa shape index (κ3) is 8.67. The summed E-state index contributed by atoms with van der Waals surface area (Å²) in [6.45, 7) is 5.88. The molecule has 6 nitrogen and oxygen atoms in total. The van der Waals surface area contributed by atoms with E-state index < -0.39 is 11.8 Å². The van der Waals surface area contributed by atoms with Gasteiger partial charge in [0.1, 0.15) is 5.70 Å². The molecule has 0 radical (unpaired) electrons. The summed E-state index contributed by atoms with van der Waals surface area (Å²) in [5, 5.41) is 8.23. The highest BCUT2D eigenvalue weighted by molar-refractivity contribution is 9.10. The van der Waals surface area contributed by atoms with Gasteiger partial charge in [0.05, 0.1) is 5.25 Å². The van der Waals surface area contributed by atoms with E-state index in [4.69, 9.17) is 0 Å². The van der Waals surface area contributed by atoms with Crippen molar-refractivity contribution in [2.45, 2.75) is 30.9 Å². The van der Waals surface area contributed by atoms with Crippen LogP contribution in [0.15, 0.2) is 112 Å². The molecule has 4 aromatic carbocycles. The predicted molar refractivity (Wildman–Crippen MR) is 171 cm³/mol. The minimum Gasteiger partial charge on any atom is -0.325 e. The van der Waals surface area contributed by atoms with Gasteiger partial charge in [-0.3, -0.25) is 14.4 Å². The van der Waals surface area contributed by atoms with Gasteiger partial charge in [-0.25, -0.2) is 0 Å². The molecule has 0 fully saturated rings. The molecule has 4 aromatic rings. The predicted octanol–water partition coefficient (Wildman–Crippen LogP) is 7.59. The number of hydrogen-bond donors (Lipinski definition) is 3. The Morgan fingerprint density at radius 3 is 2.24 bits per heavy atom. The maximum atomic E-state index is 13.4. The van der Waals surface area contributed by atoms with E-state index in [1.807, 2.05) is 81.4 Å². The SMILES string of the molecule is Cc1ccc(NC(=O)C(C)Sc2cccc(NC(=O)/C(=C\c3cccc(Br)c3)NC(=O)c3ccccc3)c2)cc1C. The van der Waals surface area contributed by atoms with Crippen LogP contribution < -0.4 is 16.0 Å². The van der Waals surface area contributed by atoms with Crippen molar-refractivity contribution in [3.63, 3.8) is 0 Å². The molecule has 0 aliphatic carbocycles. The van der Waals surface area contributed by atoms with E-state index in [1.54, 1.807) is 42.5 Å². The monoisotopic (exact) mass is 627 g/mol. The number of rotatable bonds is 9. The van der Waals surface area contributed by atoms with E-state index in [2.05, 4.69) is 31.9 Å². The number of halogens is 1. The summed E-state index contributed by atoms with van der Waals surface area (Å²) in [6.07, 6.45) is 1.62. The van der Waals surface area contributed by atoms with Gasteiger partial charge in [-0.2, -0.15) is 0 Å². The van der Waals surface area contributed by atoms with Gasteiger partial charge in [-0.05, 0) is 98.1 Å². The summed E-state index contributed by atoms with van der Waals surface area (Å²) in [4.78, 5) is 39.9. The molecule has 0 aromatic heterocycles. The Bertz CT molecular complexity index is 1600. The van der Waals surface area contributed by atoms with E-state index in [0.717, 1.165) is 26.2 Å². The largest absolute Gasteiger partial charge is 0.325 e. The third-order valence-corrected chi connectivity index (χ3v) is 7.82. The van der Waals surface area contributed by atoms with Crippen LogP contribution in [0, 0.1) is 13.8 Å². The number of carbonyl (C=O) groups excluding carboxylic acids is 3. The first kappa shape index (κ1) is 29.8. The molecule has 8 heteroatoms. The van der Waals surface area contributed by atoms with Gasteiger partial charge in [-0.1, -0.05) is 58.4 Å². The number of carbonyl (C=O) groups is 3. The van der Waals surface area contributed by atoms with Crippen LogP contribution in [0.4, 0.5) is 11.4 Å². The zero-order valence-corrected chi connectivity index (χ0v) is 25.3. The lowest BCUT2D eigenvalue weighted by atomic mass is 10.1. The topological polar surface area (TPSA) is 87.3 Å². The van der Waals surface area contributed by atoms with Gasteiger partial charge < -0.3 is 16.0 Å². The lowest BCUT2D eigenvalue weighted by Gasteiger charge is -2.14. The molecule has 3 amide bonds. The summed E-state index contributed by atoms with van der Waals surface area (Å²) in [7, 11) is 0. The molecule has 41 heavy (non-hydrogen) atoms. The average Bonchev–Trinajstić information content (AvgIpc) is 2.95. The van der Waals surface area contributed by atoms with E-state index in [-0.39, 0.29) is 16.9 Å². The van der Waals surface area contributed by atoms with Crippen molar-refractivity contribution in [2.24, 2.45) is 0 Å². The zero-order chi connectivity index (χ0) is 29.4. The van der Waals surface area contributed by atoms with Gasteiger partial charge in [0.25, 0.3) is 11.8 Å². The molecule has 3 N–H and O–H groups in total. The van der Waals surface area contributed by atoms with E-state index >= 15 is 0 Å². The number of thioether (sulfide) groups is 1. The van der Waals surface area contributed by atoms with Crippen LogP contribution in [0.25, 0.3) is 6.08 Å². The first-order valence-electron chi connectivity index (χ1n) is 13.0. The molecule has 0 aliphatic rings. The Balaban J connectivity index is 1.47. The second-order valence-corrected chi connectivity index (χ2v) is 11.8. The average molecular weight is 629 g/mol. The van der Waals surface area contributed by atoms with Crippen molar-refractivity contribution in [3.8, 4) is 0 Å². The maximum absolute atomic E-state index is 13.4. The lowest BCUT2D eigenvalue weighted by Crippen LogP contribution is -2.30. The fraction of sp³-hybridized carbons (Fsp3) is 0.121. The first-order chi connectivity index (χ1) is 19.7. The molecule has 0 aliphatic heterocycles. The first-order valence-corrected chi connectivity index (χ1v) is 14.6. The summed E-state index contributed by atoms with van der Waals surface area (Å²) in [5.41, 5.74) is 4.84. The van der Waals surface area contributed by atoms with E-state index in [1.165, 1.54) is 17.3 Å². The van der Waals surface area contributed by atoms with Crippen molar-refractivity contribution in [3.05, 3.63) is 129 Å². The molecular formula is C33H30BrN3O3S. The van der Waals surface area contributed by atoms with E-state index in [9.17, 15) is 14.4 Å². The Morgan fingerprint density at radius 1 is 0.780 bits per heavy atom. The van der Waals surface area contributed by atoms with Crippen molar-refractivity contribution < 1.29 is 14.4 Å². The number of benzene rings is 4. The Morgan fingerprint density at radius 2 is 1.51 bits per heavy atom. The van der Waals surface area contributed by atoms with Gasteiger partial charge in [-0.15, -0.1) is 11.8 Å². The fourth-order valence-electron chi connectivity index (χ4n) is 3.87. The minimum atomic E-state index is -0.475. The van der Waals surface area contributed by atoms with Crippen LogP contribution in [-0.4, -0.2) is 23.0 Å². The standard InChI is InChI=1S/C33H30BrN3O3S/c1-21-15-16-28(17-22(21)2)35-31(38)23(3)41-29-14-8-13-27(20-29)36-33(40)30(19-24-9-7-12-26(34)18-24)37-32(39)25-10-5-4-6-11-25/h4-20,23H,1-3H3,(H,35,38)(H,36,40)(H,37,39)/b30-19+. The minimum absolute atomic E-state index is 0.0937. The summed E-state index contributed by atoms with van der Waals surface area (Å²) >= 11 is 4.83. The maximum Gasteiger partial charge on any atom is 0.272 e. The Hall–Kier alpha value is -4.14. The summed E-state index contributed by atoms with van der Waals surface area (Å²) in [6, 6.07) is 29.2. The number of aryl methyl sites for hydroxylation is 2. The van der Waals surface area contributed by atoms with Crippen LogP contribution >= 0.6 is 27.7 Å². The van der Waals surface area contributed by atoms with Gasteiger partial charge in [0, 0.05) is 26.3 Å². The molecular weight excluding hydrogens is 598 g/mol. The van der Waals surface area contributed by atoms with Gasteiger partial charge in [0.2, 0.25) is 5.91 Å².